The van der Waals surface area contributed by atoms with Crippen molar-refractivity contribution in [2.24, 2.45) is 0 Å². The maximum Gasteiger partial charge on any atom is 0.220 e. The van der Waals surface area contributed by atoms with Gasteiger partial charge in [-0.3, -0.25) is 4.79 Å². The normalized spacial score (nSPS) is 11.7. The first kappa shape index (κ1) is 22.0. The molecule has 0 aliphatic carbocycles. The lowest BCUT2D eigenvalue weighted by atomic mass is 10.0. The summed E-state index contributed by atoms with van der Waals surface area (Å²) in [6, 6.07) is 19.3. The summed E-state index contributed by atoms with van der Waals surface area (Å²) < 4.78 is 7.49. The first-order chi connectivity index (χ1) is 16.0. The van der Waals surface area contributed by atoms with Crippen molar-refractivity contribution in [3.05, 3.63) is 88.9 Å². The zero-order chi connectivity index (χ0) is 23.4. The van der Waals surface area contributed by atoms with E-state index in [2.05, 4.69) is 21.5 Å². The van der Waals surface area contributed by atoms with Gasteiger partial charge >= 0.3 is 0 Å². The van der Waals surface area contributed by atoms with Crippen LogP contribution >= 0.6 is 0 Å². The summed E-state index contributed by atoms with van der Waals surface area (Å²) in [6.07, 6.45) is 2.40. The van der Waals surface area contributed by atoms with Crippen LogP contribution in [0.25, 0.3) is 5.65 Å². The molecule has 0 fully saturated rings. The van der Waals surface area contributed by atoms with Crippen LogP contribution < -0.4 is 10.1 Å². The number of carbonyl (C=O) groups is 1. The van der Waals surface area contributed by atoms with Crippen molar-refractivity contribution in [1.29, 1.82) is 5.26 Å². The number of benzene rings is 2. The monoisotopic (exact) mass is 439 g/mol. The first-order valence-corrected chi connectivity index (χ1v) is 10.8. The van der Waals surface area contributed by atoms with Gasteiger partial charge < -0.3 is 10.1 Å². The summed E-state index contributed by atoms with van der Waals surface area (Å²) in [5.74, 6) is 1.49. The number of para-hydroxylation sites is 1. The number of rotatable bonds is 7. The van der Waals surface area contributed by atoms with Gasteiger partial charge in [-0.1, -0.05) is 30.3 Å². The lowest BCUT2D eigenvalue weighted by molar-refractivity contribution is -0.121. The van der Waals surface area contributed by atoms with Crippen LogP contribution in [0.15, 0.2) is 60.8 Å². The largest absolute Gasteiger partial charge is 0.457 e. The average molecular weight is 440 g/mol. The van der Waals surface area contributed by atoms with Gasteiger partial charge in [0.05, 0.1) is 12.2 Å². The molecular formula is C26H25N5O2. The molecule has 2 aromatic carbocycles. The molecule has 0 spiro atoms. The smallest absolute Gasteiger partial charge is 0.220 e. The van der Waals surface area contributed by atoms with Gasteiger partial charge in [0.15, 0.2) is 5.65 Å². The summed E-state index contributed by atoms with van der Waals surface area (Å²) in [5, 5.41) is 16.5. The number of nitriles is 1. The average Bonchev–Trinajstić information content (AvgIpc) is 3.23. The van der Waals surface area contributed by atoms with Crippen LogP contribution in [-0.2, 0) is 11.2 Å². The van der Waals surface area contributed by atoms with E-state index in [0.29, 0.717) is 24.1 Å². The van der Waals surface area contributed by atoms with Gasteiger partial charge in [-0.05, 0) is 62.6 Å². The number of carbonyl (C=O) groups excluding carboxylic acids is 1. The zero-order valence-corrected chi connectivity index (χ0v) is 18.9. The van der Waals surface area contributed by atoms with Gasteiger partial charge in [-0.2, -0.15) is 10.4 Å². The predicted molar refractivity (Wildman–Crippen MR) is 125 cm³/mol. The van der Waals surface area contributed by atoms with Crippen molar-refractivity contribution >= 4 is 11.6 Å². The number of fused-ring (bicyclic) bond motifs is 1. The summed E-state index contributed by atoms with van der Waals surface area (Å²) in [7, 11) is 0. The van der Waals surface area contributed by atoms with Crippen molar-refractivity contribution in [2.75, 3.05) is 0 Å². The number of nitrogens with one attached hydrogen (secondary N) is 1. The van der Waals surface area contributed by atoms with E-state index in [0.717, 1.165) is 34.0 Å². The van der Waals surface area contributed by atoms with Crippen LogP contribution in [0.3, 0.4) is 0 Å². The van der Waals surface area contributed by atoms with Crippen molar-refractivity contribution in [1.82, 2.24) is 19.9 Å². The molecule has 0 bridgehead atoms. The Morgan fingerprint density at radius 1 is 1.12 bits per heavy atom. The van der Waals surface area contributed by atoms with E-state index < -0.39 is 0 Å². The van der Waals surface area contributed by atoms with Gasteiger partial charge in [0.25, 0.3) is 0 Å². The van der Waals surface area contributed by atoms with Crippen LogP contribution in [0.5, 0.6) is 11.5 Å². The van der Waals surface area contributed by atoms with Crippen LogP contribution in [0.4, 0.5) is 0 Å². The quantitative estimate of drug-likeness (QED) is 0.446. The summed E-state index contributed by atoms with van der Waals surface area (Å²) in [4.78, 5) is 17.1. The minimum Gasteiger partial charge on any atom is -0.457 e. The molecule has 7 nitrogen and oxygen atoms in total. The molecule has 1 atom stereocenters. The predicted octanol–water partition coefficient (Wildman–Crippen LogP) is 4.82. The molecule has 7 heteroatoms. The fraction of sp³-hybridized carbons (Fsp3) is 0.231. The lowest BCUT2D eigenvalue weighted by Crippen LogP contribution is -2.27. The Hall–Kier alpha value is -4.18. The Kier molecular flexibility index (Phi) is 6.36. The molecule has 166 valence electrons. The maximum atomic E-state index is 12.6. The third kappa shape index (κ3) is 4.85. The Bertz CT molecular complexity index is 1320. The molecular weight excluding hydrogens is 414 g/mol. The molecule has 0 aliphatic rings. The molecule has 2 aromatic heterocycles. The molecule has 4 rings (SSSR count). The van der Waals surface area contributed by atoms with Crippen LogP contribution in [0.2, 0.25) is 0 Å². The van der Waals surface area contributed by atoms with Crippen molar-refractivity contribution in [2.45, 2.75) is 39.7 Å². The third-order valence-electron chi connectivity index (χ3n) is 5.67. The highest BCUT2D eigenvalue weighted by molar-refractivity contribution is 5.76. The minimum atomic E-state index is -0.129. The number of ether oxygens (including phenoxy) is 1. The Balaban J connectivity index is 1.36. The molecule has 0 aliphatic heterocycles. The highest BCUT2D eigenvalue weighted by Gasteiger charge is 2.16. The van der Waals surface area contributed by atoms with Crippen molar-refractivity contribution in [3.63, 3.8) is 0 Å². The Labute approximate surface area is 192 Å². The Morgan fingerprint density at radius 2 is 1.82 bits per heavy atom. The minimum absolute atomic E-state index is 0.0378. The topological polar surface area (TPSA) is 92.3 Å². The second kappa shape index (κ2) is 9.53. The lowest BCUT2D eigenvalue weighted by Gasteiger charge is -2.16. The maximum absolute atomic E-state index is 12.6. The number of amides is 1. The van der Waals surface area contributed by atoms with E-state index in [1.165, 1.54) is 6.20 Å². The second-order valence-corrected chi connectivity index (χ2v) is 7.94. The number of aryl methyl sites for hydroxylation is 2. The van der Waals surface area contributed by atoms with E-state index in [4.69, 9.17) is 4.74 Å². The van der Waals surface area contributed by atoms with E-state index >= 15 is 0 Å². The number of nitrogens with zero attached hydrogens (tertiary/aromatic N) is 4. The number of hydrogen-bond acceptors (Lipinski definition) is 5. The SMILES string of the molecule is Cc1nc2c(C#N)cnn2c(C)c1CCC(=O)NC(C)c1ccc(Oc2ccccc2)cc1. The molecule has 2 heterocycles. The van der Waals surface area contributed by atoms with E-state index in [-0.39, 0.29) is 11.9 Å². The fourth-order valence-electron chi connectivity index (χ4n) is 3.84. The number of aromatic nitrogens is 3. The summed E-state index contributed by atoms with van der Waals surface area (Å²) in [6.45, 7) is 5.79. The van der Waals surface area contributed by atoms with Gasteiger partial charge in [0, 0.05) is 17.8 Å². The molecule has 0 saturated heterocycles. The standard InChI is InChI=1S/C26H25N5O2/c1-17(20-9-11-23(12-10-20)33-22-7-5-4-6-8-22)29-25(32)14-13-24-18(2)30-26-21(15-27)16-28-31(26)19(24)3/h4-12,16-17H,13-14H2,1-3H3,(H,29,32). The molecule has 1 unspecified atom stereocenters. The fourth-order valence-corrected chi connectivity index (χ4v) is 3.84. The summed E-state index contributed by atoms with van der Waals surface area (Å²) >= 11 is 0. The van der Waals surface area contributed by atoms with Crippen molar-refractivity contribution in [3.8, 4) is 17.6 Å². The Morgan fingerprint density at radius 3 is 2.52 bits per heavy atom. The van der Waals surface area contributed by atoms with Crippen LogP contribution in [-0.4, -0.2) is 20.5 Å². The second-order valence-electron chi connectivity index (χ2n) is 7.94. The zero-order valence-electron chi connectivity index (χ0n) is 18.9. The first-order valence-electron chi connectivity index (χ1n) is 10.8. The van der Waals surface area contributed by atoms with Gasteiger partial charge in [0.2, 0.25) is 5.91 Å². The van der Waals surface area contributed by atoms with E-state index in [9.17, 15) is 10.1 Å². The third-order valence-corrected chi connectivity index (χ3v) is 5.67. The summed E-state index contributed by atoms with van der Waals surface area (Å²) in [5.41, 5.74) is 4.68. The molecule has 33 heavy (non-hydrogen) atoms. The molecule has 1 amide bonds. The van der Waals surface area contributed by atoms with Crippen LogP contribution in [0, 0.1) is 25.2 Å². The van der Waals surface area contributed by atoms with E-state index in [1.54, 1.807) is 4.52 Å². The van der Waals surface area contributed by atoms with Crippen molar-refractivity contribution < 1.29 is 9.53 Å². The highest BCUT2D eigenvalue weighted by Crippen LogP contribution is 2.23. The molecule has 0 radical (unpaired) electrons. The molecule has 4 aromatic rings. The molecule has 0 saturated carbocycles. The van der Waals surface area contributed by atoms with Gasteiger partial charge in [0.1, 0.15) is 23.1 Å². The van der Waals surface area contributed by atoms with E-state index in [1.807, 2.05) is 75.4 Å². The van der Waals surface area contributed by atoms with Crippen LogP contribution in [0.1, 0.15) is 47.5 Å². The number of hydrogen-bond donors (Lipinski definition) is 1. The van der Waals surface area contributed by atoms with Gasteiger partial charge in [-0.15, -0.1) is 0 Å². The van der Waals surface area contributed by atoms with Gasteiger partial charge in [-0.25, -0.2) is 9.50 Å². The highest BCUT2D eigenvalue weighted by atomic mass is 16.5. The molecule has 1 N–H and O–H groups in total.